The van der Waals surface area contributed by atoms with Gasteiger partial charge in [-0.3, -0.25) is 4.90 Å². The summed E-state index contributed by atoms with van der Waals surface area (Å²) in [6.07, 6.45) is 1.07. The fourth-order valence-corrected chi connectivity index (χ4v) is 3.56. The number of hydrogen-bond donors (Lipinski definition) is 1. The van der Waals surface area contributed by atoms with Crippen molar-refractivity contribution in [3.8, 4) is 0 Å². The maximum atomic E-state index is 6.31. The van der Waals surface area contributed by atoms with Crippen molar-refractivity contribution < 1.29 is 0 Å². The molecular formula is C14H25N3S. The molecule has 3 nitrogen and oxygen atoms in total. The predicted molar refractivity (Wildman–Crippen MR) is 77.7 cm³/mol. The van der Waals surface area contributed by atoms with Gasteiger partial charge in [-0.2, -0.15) is 0 Å². The van der Waals surface area contributed by atoms with Crippen molar-refractivity contribution in [2.24, 2.45) is 11.1 Å². The van der Waals surface area contributed by atoms with Gasteiger partial charge >= 0.3 is 0 Å². The van der Waals surface area contributed by atoms with Gasteiger partial charge in [0, 0.05) is 30.4 Å². The van der Waals surface area contributed by atoms with Crippen molar-refractivity contribution in [3.63, 3.8) is 0 Å². The highest BCUT2D eigenvalue weighted by Gasteiger charge is 2.28. The molecule has 0 amide bonds. The molecule has 0 saturated heterocycles. The highest BCUT2D eigenvalue weighted by atomic mass is 32.1. The second-order valence-corrected chi connectivity index (χ2v) is 7.70. The first-order valence-electron chi connectivity index (χ1n) is 6.77. The number of fused-ring (bicyclic) bond motifs is 1. The van der Waals surface area contributed by atoms with E-state index in [1.165, 1.54) is 10.6 Å². The molecule has 1 unspecified atom stereocenters. The molecular weight excluding hydrogens is 242 g/mol. The fourth-order valence-electron chi connectivity index (χ4n) is 2.18. The highest BCUT2D eigenvalue weighted by molar-refractivity contribution is 7.11. The van der Waals surface area contributed by atoms with Gasteiger partial charge in [0.15, 0.2) is 0 Å². The van der Waals surface area contributed by atoms with Crippen molar-refractivity contribution >= 4 is 11.3 Å². The lowest BCUT2D eigenvalue weighted by Gasteiger charge is -2.29. The van der Waals surface area contributed by atoms with Gasteiger partial charge in [0.05, 0.1) is 11.7 Å². The lowest BCUT2D eigenvalue weighted by molar-refractivity contribution is 0.205. The number of rotatable bonds is 2. The summed E-state index contributed by atoms with van der Waals surface area (Å²) in [5, 5.41) is 1.11. The molecule has 2 N–H and O–H groups in total. The predicted octanol–water partition coefficient (Wildman–Crippen LogP) is 2.96. The van der Waals surface area contributed by atoms with Gasteiger partial charge in [-0.25, -0.2) is 4.98 Å². The largest absolute Gasteiger partial charge is 0.322 e. The zero-order valence-corrected chi connectivity index (χ0v) is 13.0. The number of nitrogens with two attached hydrogens (primary N) is 1. The quantitative estimate of drug-likeness (QED) is 0.896. The van der Waals surface area contributed by atoms with Crippen LogP contribution >= 0.6 is 11.3 Å². The van der Waals surface area contributed by atoms with Crippen LogP contribution in [0.4, 0.5) is 0 Å². The molecule has 1 aliphatic rings. The zero-order chi connectivity index (χ0) is 13.5. The molecule has 1 aromatic heterocycles. The Hall–Kier alpha value is -0.450. The molecule has 2 heterocycles. The Labute approximate surface area is 114 Å². The average Bonchev–Trinajstić information content (AvgIpc) is 2.68. The van der Waals surface area contributed by atoms with Crippen molar-refractivity contribution in [1.82, 2.24) is 9.88 Å². The van der Waals surface area contributed by atoms with Crippen LogP contribution in [-0.2, 0) is 13.0 Å². The third kappa shape index (κ3) is 2.76. The number of nitrogens with zero attached hydrogens (tertiary/aromatic N) is 2. The summed E-state index contributed by atoms with van der Waals surface area (Å²) in [4.78, 5) is 8.71. The zero-order valence-electron chi connectivity index (χ0n) is 12.2. The molecule has 0 aromatic carbocycles. The van der Waals surface area contributed by atoms with Gasteiger partial charge in [0.2, 0.25) is 0 Å². The van der Waals surface area contributed by atoms with Crippen LogP contribution in [0.15, 0.2) is 0 Å². The molecule has 4 heteroatoms. The molecule has 0 saturated carbocycles. The van der Waals surface area contributed by atoms with Gasteiger partial charge in [-0.15, -0.1) is 11.3 Å². The minimum Gasteiger partial charge on any atom is -0.322 e. The summed E-state index contributed by atoms with van der Waals surface area (Å²) in [7, 11) is 0. The first-order chi connectivity index (χ1) is 8.29. The Morgan fingerprint density at radius 1 is 1.33 bits per heavy atom. The van der Waals surface area contributed by atoms with Crippen LogP contribution in [0.5, 0.6) is 0 Å². The van der Waals surface area contributed by atoms with Gasteiger partial charge < -0.3 is 5.73 Å². The van der Waals surface area contributed by atoms with Crippen molar-refractivity contribution in [2.75, 3.05) is 6.54 Å². The van der Waals surface area contributed by atoms with E-state index in [1.807, 2.05) is 11.3 Å². The lowest BCUT2D eigenvalue weighted by atomic mass is 9.88. The van der Waals surface area contributed by atoms with Crippen molar-refractivity contribution in [1.29, 1.82) is 0 Å². The Bertz CT molecular complexity index is 417. The number of thiazole rings is 1. The molecule has 0 aliphatic carbocycles. The molecule has 0 fully saturated rings. The van der Waals surface area contributed by atoms with Crippen LogP contribution in [-0.4, -0.2) is 22.5 Å². The molecule has 0 bridgehead atoms. The maximum absolute atomic E-state index is 6.31. The smallest absolute Gasteiger partial charge is 0.110 e. The van der Waals surface area contributed by atoms with E-state index >= 15 is 0 Å². The molecule has 1 aromatic rings. The summed E-state index contributed by atoms with van der Waals surface area (Å²) in [5.74, 6) is 0. The first-order valence-corrected chi connectivity index (χ1v) is 7.59. The minimum atomic E-state index is 0.0422. The maximum Gasteiger partial charge on any atom is 0.110 e. The van der Waals surface area contributed by atoms with Crippen LogP contribution in [0.3, 0.4) is 0 Å². The van der Waals surface area contributed by atoms with E-state index in [9.17, 15) is 0 Å². The second-order valence-electron chi connectivity index (χ2n) is 6.58. The molecule has 0 spiro atoms. The van der Waals surface area contributed by atoms with E-state index in [0.717, 1.165) is 24.5 Å². The number of hydrogen-bond acceptors (Lipinski definition) is 4. The third-order valence-corrected chi connectivity index (χ3v) is 4.87. The molecule has 2 rings (SSSR count). The van der Waals surface area contributed by atoms with Crippen molar-refractivity contribution in [2.45, 2.75) is 59.7 Å². The molecule has 1 atom stereocenters. The van der Waals surface area contributed by atoms with E-state index < -0.39 is 0 Å². The Morgan fingerprint density at radius 3 is 2.56 bits per heavy atom. The Morgan fingerprint density at radius 2 is 2.00 bits per heavy atom. The topological polar surface area (TPSA) is 42.2 Å². The van der Waals surface area contributed by atoms with Crippen molar-refractivity contribution in [3.05, 3.63) is 15.6 Å². The van der Waals surface area contributed by atoms with E-state index in [1.54, 1.807) is 0 Å². The monoisotopic (exact) mass is 267 g/mol. The summed E-state index contributed by atoms with van der Waals surface area (Å²) in [6, 6.07) is 0.653. The van der Waals surface area contributed by atoms with Gasteiger partial charge in [-0.05, 0) is 19.3 Å². The van der Waals surface area contributed by atoms with Crippen LogP contribution in [0.1, 0.15) is 56.2 Å². The Kier molecular flexibility index (Phi) is 3.81. The molecule has 18 heavy (non-hydrogen) atoms. The fraction of sp³-hybridized carbons (Fsp3) is 0.786. The highest BCUT2D eigenvalue weighted by Crippen LogP contribution is 2.35. The average molecular weight is 267 g/mol. The van der Waals surface area contributed by atoms with Crippen LogP contribution in [0.25, 0.3) is 0 Å². The molecule has 0 radical (unpaired) electrons. The van der Waals surface area contributed by atoms with Crippen LogP contribution in [0.2, 0.25) is 0 Å². The number of aromatic nitrogens is 1. The van der Waals surface area contributed by atoms with Gasteiger partial charge in [-0.1, -0.05) is 20.8 Å². The van der Waals surface area contributed by atoms with Gasteiger partial charge in [0.25, 0.3) is 0 Å². The first kappa shape index (κ1) is 14.0. The van der Waals surface area contributed by atoms with E-state index in [4.69, 9.17) is 10.7 Å². The minimum absolute atomic E-state index is 0.0422. The summed E-state index contributed by atoms with van der Waals surface area (Å²) >= 11 is 1.81. The Balaban J connectivity index is 2.20. The summed E-state index contributed by atoms with van der Waals surface area (Å²) < 4.78 is 0. The standard InChI is InChI=1S/C14H25N3S/c1-9(2)17-7-6-10-11(8-17)18-13(16-10)12(15)14(3,4)5/h9,12H,6-8,15H2,1-5H3. The SMILES string of the molecule is CC(C)N1CCc2nc(C(N)C(C)(C)C)sc2C1. The second kappa shape index (κ2) is 4.91. The summed E-state index contributed by atoms with van der Waals surface area (Å²) in [5.41, 5.74) is 7.68. The summed E-state index contributed by atoms with van der Waals surface area (Å²) in [6.45, 7) is 13.2. The van der Waals surface area contributed by atoms with E-state index in [0.29, 0.717) is 6.04 Å². The van der Waals surface area contributed by atoms with E-state index in [-0.39, 0.29) is 11.5 Å². The molecule has 102 valence electrons. The van der Waals surface area contributed by atoms with E-state index in [2.05, 4.69) is 39.5 Å². The third-order valence-electron chi connectivity index (χ3n) is 3.71. The van der Waals surface area contributed by atoms with Crippen LogP contribution in [0, 0.1) is 5.41 Å². The van der Waals surface area contributed by atoms with Crippen LogP contribution < -0.4 is 5.73 Å². The van der Waals surface area contributed by atoms with Gasteiger partial charge in [0.1, 0.15) is 5.01 Å². The normalized spacial score (nSPS) is 19.1. The molecule has 1 aliphatic heterocycles. The lowest BCUT2D eigenvalue weighted by Crippen LogP contribution is -2.35.